The molecule has 0 bridgehead atoms. The third kappa shape index (κ3) is 5.73. The fourth-order valence-electron chi connectivity index (χ4n) is 1.42. The van der Waals surface area contributed by atoms with Crippen molar-refractivity contribution < 1.29 is 14.3 Å². The Labute approximate surface area is 97.7 Å². The van der Waals surface area contributed by atoms with Crippen LogP contribution in [0.5, 0.6) is 0 Å². The van der Waals surface area contributed by atoms with Crippen LogP contribution in [0.25, 0.3) is 0 Å². The van der Waals surface area contributed by atoms with E-state index in [2.05, 4.69) is 5.32 Å². The Balaban J connectivity index is 0.00000106. The van der Waals surface area contributed by atoms with E-state index in [4.69, 9.17) is 4.74 Å². The molecule has 16 heavy (non-hydrogen) atoms. The number of hydrogen-bond acceptors (Lipinski definition) is 3. The van der Waals surface area contributed by atoms with Gasteiger partial charge in [-0.1, -0.05) is 13.8 Å². The highest BCUT2D eigenvalue weighted by molar-refractivity contribution is 5.89. The highest BCUT2D eigenvalue weighted by Gasteiger charge is 2.27. The number of nitrogens with one attached hydrogen (secondary N) is 1. The van der Waals surface area contributed by atoms with E-state index in [9.17, 15) is 9.59 Å². The summed E-state index contributed by atoms with van der Waals surface area (Å²) in [5, 5.41) is 2.57. The summed E-state index contributed by atoms with van der Waals surface area (Å²) in [6.07, 6.45) is 1.66. The lowest BCUT2D eigenvalue weighted by atomic mass is 10.2. The fourth-order valence-corrected chi connectivity index (χ4v) is 1.42. The van der Waals surface area contributed by atoms with Gasteiger partial charge in [0, 0.05) is 6.42 Å². The van der Waals surface area contributed by atoms with E-state index in [0.29, 0.717) is 6.42 Å². The van der Waals surface area contributed by atoms with Crippen LogP contribution in [-0.2, 0) is 9.53 Å². The third-order valence-electron chi connectivity index (χ3n) is 2.00. The number of Topliss-reactive ketones (excluding diaryl/α,β-unsaturated/α-hetero) is 1. The van der Waals surface area contributed by atoms with Crippen molar-refractivity contribution in [1.82, 2.24) is 5.32 Å². The van der Waals surface area contributed by atoms with Gasteiger partial charge in [-0.05, 0) is 33.6 Å². The summed E-state index contributed by atoms with van der Waals surface area (Å²) in [5.41, 5.74) is -0.508. The monoisotopic (exact) mass is 229 g/mol. The van der Waals surface area contributed by atoms with Crippen LogP contribution >= 0.6 is 0 Å². The van der Waals surface area contributed by atoms with Gasteiger partial charge in [0.05, 0.1) is 6.04 Å². The van der Waals surface area contributed by atoms with Crippen molar-refractivity contribution in [2.24, 2.45) is 0 Å². The van der Waals surface area contributed by atoms with Gasteiger partial charge in [0.15, 0.2) is 5.78 Å². The average Bonchev–Trinajstić information content (AvgIpc) is 2.52. The zero-order valence-electron chi connectivity index (χ0n) is 10.9. The van der Waals surface area contributed by atoms with Crippen molar-refractivity contribution in [2.75, 3.05) is 0 Å². The number of amides is 1. The molecule has 0 radical (unpaired) electrons. The van der Waals surface area contributed by atoms with Gasteiger partial charge >= 0.3 is 6.09 Å². The number of ketones is 1. The Morgan fingerprint density at radius 3 is 2.31 bits per heavy atom. The van der Waals surface area contributed by atoms with Crippen molar-refractivity contribution in [1.29, 1.82) is 0 Å². The van der Waals surface area contributed by atoms with E-state index in [1.165, 1.54) is 0 Å². The van der Waals surface area contributed by atoms with Crippen molar-refractivity contribution in [3.8, 4) is 0 Å². The highest BCUT2D eigenvalue weighted by atomic mass is 16.6. The molecular weight excluding hydrogens is 206 g/mol. The zero-order valence-corrected chi connectivity index (χ0v) is 10.9. The summed E-state index contributed by atoms with van der Waals surface area (Å²) in [5.74, 6) is 0.107. The molecule has 1 N–H and O–H groups in total. The van der Waals surface area contributed by atoms with E-state index in [-0.39, 0.29) is 11.8 Å². The van der Waals surface area contributed by atoms with Crippen molar-refractivity contribution in [2.45, 2.75) is 65.5 Å². The number of carbonyl (C=O) groups excluding carboxylic acids is 2. The maximum Gasteiger partial charge on any atom is 0.408 e. The smallest absolute Gasteiger partial charge is 0.408 e. The summed E-state index contributed by atoms with van der Waals surface area (Å²) in [6.45, 7) is 9.38. The Bertz CT molecular complexity index is 243. The van der Waals surface area contributed by atoms with Gasteiger partial charge in [-0.3, -0.25) is 4.79 Å². The van der Waals surface area contributed by atoms with E-state index in [1.54, 1.807) is 20.8 Å². The standard InChI is InChI=1S/C10H17NO3.C2H6/c1-10(2,3)14-9(13)11-7-5-4-6-8(7)12;1-2/h7H,4-6H2,1-3H3,(H,11,13);1-2H3. The van der Waals surface area contributed by atoms with Crippen LogP contribution in [-0.4, -0.2) is 23.5 Å². The Morgan fingerprint density at radius 1 is 1.38 bits per heavy atom. The van der Waals surface area contributed by atoms with Gasteiger partial charge in [-0.15, -0.1) is 0 Å². The molecule has 0 aromatic heterocycles. The largest absolute Gasteiger partial charge is 0.444 e. The molecule has 1 fully saturated rings. The lowest BCUT2D eigenvalue weighted by molar-refractivity contribution is -0.119. The van der Waals surface area contributed by atoms with Gasteiger partial charge in [0.2, 0.25) is 0 Å². The summed E-state index contributed by atoms with van der Waals surface area (Å²) in [7, 11) is 0. The fraction of sp³-hybridized carbons (Fsp3) is 0.833. The lowest BCUT2D eigenvalue weighted by Crippen LogP contribution is -2.41. The molecular formula is C12H23NO3. The molecule has 1 aliphatic rings. The maximum absolute atomic E-state index is 11.3. The van der Waals surface area contributed by atoms with Crippen molar-refractivity contribution in [3.05, 3.63) is 0 Å². The average molecular weight is 229 g/mol. The topological polar surface area (TPSA) is 55.4 Å². The summed E-state index contributed by atoms with van der Waals surface area (Å²) >= 11 is 0. The number of carbonyl (C=O) groups is 2. The van der Waals surface area contributed by atoms with E-state index in [1.807, 2.05) is 13.8 Å². The molecule has 0 aromatic rings. The lowest BCUT2D eigenvalue weighted by Gasteiger charge is -2.21. The molecule has 0 spiro atoms. The number of rotatable bonds is 1. The predicted molar refractivity (Wildman–Crippen MR) is 63.4 cm³/mol. The normalized spacial score (nSPS) is 19.8. The molecule has 0 aromatic carbocycles. The Kier molecular flexibility index (Phi) is 6.08. The second-order valence-electron chi connectivity index (χ2n) is 4.56. The van der Waals surface area contributed by atoms with Gasteiger partial charge in [0.25, 0.3) is 0 Å². The minimum absolute atomic E-state index is 0.107. The first-order valence-electron chi connectivity index (χ1n) is 5.91. The predicted octanol–water partition coefficient (Wildman–Crippen LogP) is 2.66. The third-order valence-corrected chi connectivity index (χ3v) is 2.00. The number of alkyl carbamates (subject to hydrolysis) is 1. The summed E-state index contributed by atoms with van der Waals surface area (Å²) in [6, 6.07) is -0.329. The minimum Gasteiger partial charge on any atom is -0.444 e. The minimum atomic E-state index is -0.508. The molecule has 1 rings (SSSR count). The molecule has 4 nitrogen and oxygen atoms in total. The van der Waals surface area contributed by atoms with Gasteiger partial charge in [0.1, 0.15) is 5.60 Å². The van der Waals surface area contributed by atoms with Crippen LogP contribution < -0.4 is 5.32 Å². The molecule has 1 saturated carbocycles. The molecule has 0 heterocycles. The van der Waals surface area contributed by atoms with E-state index < -0.39 is 11.7 Å². The Morgan fingerprint density at radius 2 is 1.94 bits per heavy atom. The van der Waals surface area contributed by atoms with E-state index >= 15 is 0 Å². The summed E-state index contributed by atoms with van der Waals surface area (Å²) < 4.78 is 5.05. The second-order valence-corrected chi connectivity index (χ2v) is 4.56. The molecule has 1 aliphatic carbocycles. The molecule has 4 heteroatoms. The molecule has 1 unspecified atom stereocenters. The molecule has 0 saturated heterocycles. The molecule has 0 aliphatic heterocycles. The van der Waals surface area contributed by atoms with Gasteiger partial charge in [-0.25, -0.2) is 4.79 Å². The van der Waals surface area contributed by atoms with Gasteiger partial charge in [-0.2, -0.15) is 0 Å². The van der Waals surface area contributed by atoms with Crippen molar-refractivity contribution in [3.63, 3.8) is 0 Å². The van der Waals surface area contributed by atoms with Crippen LogP contribution in [0.2, 0.25) is 0 Å². The van der Waals surface area contributed by atoms with Crippen LogP contribution in [0.15, 0.2) is 0 Å². The quantitative estimate of drug-likeness (QED) is 0.752. The highest BCUT2D eigenvalue weighted by Crippen LogP contribution is 2.15. The molecule has 1 amide bonds. The second kappa shape index (κ2) is 6.51. The van der Waals surface area contributed by atoms with Crippen LogP contribution in [0.1, 0.15) is 53.9 Å². The van der Waals surface area contributed by atoms with E-state index in [0.717, 1.165) is 12.8 Å². The van der Waals surface area contributed by atoms with Crippen LogP contribution in [0.4, 0.5) is 4.79 Å². The number of hydrogen-bond donors (Lipinski definition) is 1. The first-order valence-corrected chi connectivity index (χ1v) is 5.91. The summed E-state index contributed by atoms with van der Waals surface area (Å²) in [4.78, 5) is 22.5. The SMILES string of the molecule is CC.CC(C)(C)OC(=O)NC1CCCC1=O. The Hall–Kier alpha value is -1.06. The van der Waals surface area contributed by atoms with Crippen molar-refractivity contribution >= 4 is 11.9 Å². The molecule has 94 valence electrons. The van der Waals surface area contributed by atoms with Gasteiger partial charge < -0.3 is 10.1 Å². The first-order chi connectivity index (χ1) is 7.38. The molecule has 1 atom stereocenters. The number of ether oxygens (including phenoxy) is 1. The van der Waals surface area contributed by atoms with Crippen LogP contribution in [0.3, 0.4) is 0 Å². The maximum atomic E-state index is 11.3. The van der Waals surface area contributed by atoms with Crippen LogP contribution in [0, 0.1) is 0 Å². The zero-order chi connectivity index (χ0) is 12.8. The first kappa shape index (κ1) is 14.9.